The highest BCUT2D eigenvalue weighted by atomic mass is 16.6. The first kappa shape index (κ1) is 23.7. The summed E-state index contributed by atoms with van der Waals surface area (Å²) in [5.41, 5.74) is 11.9. The lowest BCUT2D eigenvalue weighted by molar-refractivity contribution is 0.0342. The Kier molecular flexibility index (Phi) is 7.77. The van der Waals surface area contributed by atoms with Crippen molar-refractivity contribution in [3.05, 3.63) is 94.3 Å². The largest absolute Gasteiger partial charge is 0.386 e. The molecule has 7 nitrogen and oxygen atoms in total. The molecule has 34 heavy (non-hydrogen) atoms. The highest BCUT2D eigenvalue weighted by molar-refractivity contribution is 5.99. The van der Waals surface area contributed by atoms with Gasteiger partial charge in [-0.15, -0.1) is 0 Å². The summed E-state index contributed by atoms with van der Waals surface area (Å²) in [7, 11) is 0. The number of carbonyl (C=O) groups excluding carboxylic acids is 1. The molecule has 2 aromatic carbocycles. The highest BCUT2D eigenvalue weighted by Crippen LogP contribution is 2.18. The van der Waals surface area contributed by atoms with Crippen molar-refractivity contribution < 1.29 is 14.4 Å². The van der Waals surface area contributed by atoms with Gasteiger partial charge in [0, 0.05) is 48.7 Å². The van der Waals surface area contributed by atoms with Crippen LogP contribution in [0.5, 0.6) is 0 Å². The second-order valence-electron chi connectivity index (χ2n) is 8.62. The molecule has 1 aromatic heterocycles. The van der Waals surface area contributed by atoms with Crippen molar-refractivity contribution in [2.75, 3.05) is 32.9 Å². The molecule has 0 spiro atoms. The van der Waals surface area contributed by atoms with E-state index in [2.05, 4.69) is 32.8 Å². The standard InChI is InChI=1S/C27H32N4O3/c1-20-15-25(21(2)31(20)18-22-7-4-3-5-8-22)26(32)19-34-29-27(28)24-10-6-9-23(16-24)17-30-11-13-33-14-12-30/h3-10,15-16H,11-14,17-19H2,1-2H3,(H2,28,29). The summed E-state index contributed by atoms with van der Waals surface area (Å²) in [6, 6.07) is 20.0. The Hall–Kier alpha value is -3.42. The summed E-state index contributed by atoms with van der Waals surface area (Å²) in [4.78, 5) is 20.5. The van der Waals surface area contributed by atoms with Gasteiger partial charge in [0.2, 0.25) is 5.78 Å². The molecule has 0 atom stereocenters. The predicted octanol–water partition coefficient (Wildman–Crippen LogP) is 3.51. The van der Waals surface area contributed by atoms with E-state index in [9.17, 15) is 4.79 Å². The van der Waals surface area contributed by atoms with Crippen molar-refractivity contribution in [1.29, 1.82) is 0 Å². The smallest absolute Gasteiger partial charge is 0.204 e. The van der Waals surface area contributed by atoms with Crippen LogP contribution in [-0.4, -0.2) is 54.0 Å². The number of aryl methyl sites for hydroxylation is 1. The summed E-state index contributed by atoms with van der Waals surface area (Å²) < 4.78 is 7.55. The number of amidine groups is 1. The van der Waals surface area contributed by atoms with Crippen LogP contribution in [0.4, 0.5) is 0 Å². The van der Waals surface area contributed by atoms with Crippen LogP contribution >= 0.6 is 0 Å². The van der Waals surface area contributed by atoms with E-state index >= 15 is 0 Å². The number of benzene rings is 2. The summed E-state index contributed by atoms with van der Waals surface area (Å²) in [5, 5.41) is 4.01. The number of rotatable bonds is 9. The molecule has 0 aliphatic carbocycles. The summed E-state index contributed by atoms with van der Waals surface area (Å²) in [6.45, 7) is 8.73. The Bertz CT molecular complexity index is 1150. The Morgan fingerprint density at radius 1 is 1.00 bits per heavy atom. The summed E-state index contributed by atoms with van der Waals surface area (Å²) in [6.07, 6.45) is 0. The lowest BCUT2D eigenvalue weighted by Gasteiger charge is -2.26. The molecule has 1 aliphatic rings. The van der Waals surface area contributed by atoms with Gasteiger partial charge in [0.25, 0.3) is 0 Å². The van der Waals surface area contributed by atoms with Crippen molar-refractivity contribution in [3.63, 3.8) is 0 Å². The molecule has 0 unspecified atom stereocenters. The molecule has 7 heteroatoms. The van der Waals surface area contributed by atoms with Crippen LogP contribution in [0.2, 0.25) is 0 Å². The molecule has 1 fully saturated rings. The third kappa shape index (κ3) is 5.92. The minimum Gasteiger partial charge on any atom is -0.386 e. The number of nitrogens with two attached hydrogens (primary N) is 1. The summed E-state index contributed by atoms with van der Waals surface area (Å²) >= 11 is 0. The number of hydrogen-bond acceptors (Lipinski definition) is 5. The number of oxime groups is 1. The molecule has 0 radical (unpaired) electrons. The molecular weight excluding hydrogens is 428 g/mol. The lowest BCUT2D eigenvalue weighted by Crippen LogP contribution is -2.35. The second-order valence-corrected chi connectivity index (χ2v) is 8.62. The van der Waals surface area contributed by atoms with E-state index in [1.165, 1.54) is 5.56 Å². The number of ketones is 1. The van der Waals surface area contributed by atoms with Crippen LogP contribution in [0.3, 0.4) is 0 Å². The van der Waals surface area contributed by atoms with E-state index in [-0.39, 0.29) is 18.2 Å². The summed E-state index contributed by atoms with van der Waals surface area (Å²) in [5.74, 6) is 0.135. The van der Waals surface area contributed by atoms with Gasteiger partial charge >= 0.3 is 0 Å². The van der Waals surface area contributed by atoms with E-state index in [0.717, 1.165) is 61.9 Å². The number of Topliss-reactive ketones (excluding diaryl/α,β-unsaturated/α-hetero) is 1. The zero-order valence-corrected chi connectivity index (χ0v) is 19.9. The van der Waals surface area contributed by atoms with Crippen LogP contribution < -0.4 is 5.73 Å². The maximum Gasteiger partial charge on any atom is 0.204 e. The first-order chi connectivity index (χ1) is 16.5. The third-order valence-electron chi connectivity index (χ3n) is 6.15. The molecule has 0 saturated carbocycles. The molecule has 2 heterocycles. The van der Waals surface area contributed by atoms with E-state index in [1.807, 2.05) is 56.3 Å². The number of aromatic nitrogens is 1. The Labute approximate surface area is 200 Å². The Morgan fingerprint density at radius 2 is 1.74 bits per heavy atom. The van der Waals surface area contributed by atoms with Gasteiger partial charge in [-0.3, -0.25) is 9.69 Å². The zero-order chi connectivity index (χ0) is 23.9. The van der Waals surface area contributed by atoms with E-state index in [0.29, 0.717) is 5.56 Å². The van der Waals surface area contributed by atoms with Gasteiger partial charge in [0.15, 0.2) is 12.4 Å². The number of ether oxygens (including phenoxy) is 1. The average Bonchev–Trinajstić information content (AvgIpc) is 3.14. The number of nitrogens with zero attached hydrogens (tertiary/aromatic N) is 3. The van der Waals surface area contributed by atoms with Gasteiger partial charge in [-0.1, -0.05) is 53.7 Å². The fourth-order valence-corrected chi connectivity index (χ4v) is 4.23. The van der Waals surface area contributed by atoms with Crippen molar-refractivity contribution in [1.82, 2.24) is 9.47 Å². The molecule has 0 amide bonds. The van der Waals surface area contributed by atoms with Crippen LogP contribution in [0.25, 0.3) is 0 Å². The molecule has 1 saturated heterocycles. The van der Waals surface area contributed by atoms with Gasteiger partial charge in [-0.2, -0.15) is 0 Å². The molecule has 178 valence electrons. The predicted molar refractivity (Wildman–Crippen MR) is 133 cm³/mol. The maximum absolute atomic E-state index is 12.8. The Morgan fingerprint density at radius 3 is 2.50 bits per heavy atom. The highest BCUT2D eigenvalue weighted by Gasteiger charge is 2.17. The van der Waals surface area contributed by atoms with E-state index < -0.39 is 0 Å². The number of carbonyl (C=O) groups is 1. The monoisotopic (exact) mass is 460 g/mol. The average molecular weight is 461 g/mol. The van der Waals surface area contributed by atoms with Gasteiger partial charge in [-0.25, -0.2) is 0 Å². The van der Waals surface area contributed by atoms with Crippen molar-refractivity contribution in [2.45, 2.75) is 26.9 Å². The van der Waals surface area contributed by atoms with E-state index in [1.54, 1.807) is 0 Å². The second kappa shape index (κ2) is 11.1. The fraction of sp³-hybridized carbons (Fsp3) is 0.333. The number of hydrogen-bond donors (Lipinski definition) is 1. The van der Waals surface area contributed by atoms with Crippen LogP contribution in [-0.2, 0) is 22.7 Å². The van der Waals surface area contributed by atoms with Crippen molar-refractivity contribution >= 4 is 11.6 Å². The minimum absolute atomic E-state index is 0.120. The van der Waals surface area contributed by atoms with Crippen molar-refractivity contribution in [2.24, 2.45) is 10.9 Å². The normalized spacial score (nSPS) is 14.8. The van der Waals surface area contributed by atoms with Crippen LogP contribution in [0.1, 0.15) is 38.4 Å². The topological polar surface area (TPSA) is 82.1 Å². The van der Waals surface area contributed by atoms with Gasteiger partial charge < -0.3 is 19.9 Å². The molecule has 4 rings (SSSR count). The minimum atomic E-state index is -0.163. The molecule has 0 bridgehead atoms. The number of morpholine rings is 1. The lowest BCUT2D eigenvalue weighted by atomic mass is 10.1. The van der Waals surface area contributed by atoms with Gasteiger partial charge in [-0.05, 0) is 37.1 Å². The maximum atomic E-state index is 12.8. The molecular formula is C27H32N4O3. The van der Waals surface area contributed by atoms with Crippen LogP contribution in [0, 0.1) is 13.8 Å². The Balaban J connectivity index is 1.36. The molecule has 3 aromatic rings. The first-order valence-electron chi connectivity index (χ1n) is 11.6. The van der Waals surface area contributed by atoms with Crippen LogP contribution in [0.15, 0.2) is 65.8 Å². The van der Waals surface area contributed by atoms with Gasteiger partial charge in [0.05, 0.1) is 13.2 Å². The third-order valence-corrected chi connectivity index (χ3v) is 6.15. The first-order valence-corrected chi connectivity index (χ1v) is 11.6. The fourth-order valence-electron chi connectivity index (χ4n) is 4.23. The van der Waals surface area contributed by atoms with E-state index in [4.69, 9.17) is 15.3 Å². The van der Waals surface area contributed by atoms with Gasteiger partial charge in [0.1, 0.15) is 0 Å². The molecule has 1 aliphatic heterocycles. The quantitative estimate of drug-likeness (QED) is 0.229. The molecule has 2 N–H and O–H groups in total. The SMILES string of the molecule is Cc1cc(C(=O)CO/N=C(/N)c2cccc(CN3CCOCC3)c2)c(C)n1Cc1ccccc1. The van der Waals surface area contributed by atoms with Crippen molar-refractivity contribution in [3.8, 4) is 0 Å². The zero-order valence-electron chi connectivity index (χ0n) is 19.9.